The van der Waals surface area contributed by atoms with E-state index in [1.165, 1.54) is 0 Å². The van der Waals surface area contributed by atoms with Crippen LogP contribution in [0.5, 0.6) is 5.88 Å². The van der Waals surface area contributed by atoms with Crippen LogP contribution in [0.15, 0.2) is 48.5 Å². The zero-order chi connectivity index (χ0) is 23.5. The Labute approximate surface area is 194 Å². The second-order valence-corrected chi connectivity index (χ2v) is 7.93. The van der Waals surface area contributed by atoms with Gasteiger partial charge in [-0.3, -0.25) is 4.79 Å². The Balaban J connectivity index is 1.52. The van der Waals surface area contributed by atoms with Gasteiger partial charge in [0.05, 0.1) is 0 Å². The van der Waals surface area contributed by atoms with Gasteiger partial charge in [-0.1, -0.05) is 61.9 Å². The zero-order valence-electron chi connectivity index (χ0n) is 18.5. The second kappa shape index (κ2) is 9.18. The number of carbonyl (C=O) groups excluding carboxylic acids is 1. The molecule has 170 valence electrons. The minimum atomic E-state index is -0.234. The third kappa shape index (κ3) is 3.90. The largest absolute Gasteiger partial charge is 0.491 e. The molecule has 5 aromatic rings. The number of aldehydes is 1. The van der Waals surface area contributed by atoms with Crippen molar-refractivity contribution in [2.24, 2.45) is 0 Å². The zero-order valence-corrected chi connectivity index (χ0v) is 18.5. The van der Waals surface area contributed by atoms with Crippen LogP contribution in [0.1, 0.15) is 41.6 Å². The molecule has 0 radical (unpaired) electrons. The summed E-state index contributed by atoms with van der Waals surface area (Å²) in [6.45, 7) is 2.58. The molecule has 10 nitrogen and oxygen atoms in total. The summed E-state index contributed by atoms with van der Waals surface area (Å²) in [5, 5.41) is 32.2. The van der Waals surface area contributed by atoms with Crippen molar-refractivity contribution < 1.29 is 9.90 Å². The van der Waals surface area contributed by atoms with Crippen molar-refractivity contribution in [3.63, 3.8) is 0 Å². The molecule has 0 saturated carbocycles. The van der Waals surface area contributed by atoms with Crippen LogP contribution in [0.4, 0.5) is 0 Å². The van der Waals surface area contributed by atoms with E-state index in [0.29, 0.717) is 29.7 Å². The van der Waals surface area contributed by atoms with Gasteiger partial charge in [0.15, 0.2) is 17.8 Å². The van der Waals surface area contributed by atoms with Crippen LogP contribution in [0.25, 0.3) is 33.5 Å². The Morgan fingerprint density at radius 2 is 1.82 bits per heavy atom. The molecule has 0 bridgehead atoms. The normalized spacial score (nSPS) is 11.2. The molecule has 0 saturated heterocycles. The number of imidazole rings is 1. The molecule has 0 amide bonds. The van der Waals surface area contributed by atoms with Crippen molar-refractivity contribution >= 4 is 17.3 Å². The maximum Gasteiger partial charge on any atom is 0.257 e. The fourth-order valence-corrected chi connectivity index (χ4v) is 4.06. The van der Waals surface area contributed by atoms with Crippen LogP contribution in [0.3, 0.4) is 0 Å². The van der Waals surface area contributed by atoms with Crippen molar-refractivity contribution in [2.75, 3.05) is 0 Å². The highest BCUT2D eigenvalue weighted by Gasteiger charge is 2.19. The van der Waals surface area contributed by atoms with Gasteiger partial charge in [0.1, 0.15) is 16.9 Å². The minimum absolute atomic E-state index is 0.123. The Morgan fingerprint density at radius 3 is 2.53 bits per heavy atom. The number of hydrogen-bond donors (Lipinski definition) is 2. The van der Waals surface area contributed by atoms with E-state index < -0.39 is 0 Å². The van der Waals surface area contributed by atoms with Gasteiger partial charge in [-0.15, -0.1) is 15.3 Å². The molecule has 0 aliphatic heterocycles. The van der Waals surface area contributed by atoms with Gasteiger partial charge in [0.25, 0.3) is 5.88 Å². The number of carbonyl (C=O) groups is 1. The average Bonchev–Trinajstić information content (AvgIpc) is 3.53. The predicted molar refractivity (Wildman–Crippen MR) is 125 cm³/mol. The van der Waals surface area contributed by atoms with Crippen LogP contribution >= 0.6 is 0 Å². The third-order valence-electron chi connectivity index (χ3n) is 5.75. The van der Waals surface area contributed by atoms with Gasteiger partial charge in [-0.05, 0) is 33.5 Å². The van der Waals surface area contributed by atoms with E-state index >= 15 is 0 Å². The maximum atomic E-state index is 11.5. The first-order valence-corrected chi connectivity index (χ1v) is 11.0. The first-order chi connectivity index (χ1) is 16.7. The number of aromatic amines is 1. The number of rotatable bonds is 8. The summed E-state index contributed by atoms with van der Waals surface area (Å²) in [6.07, 6.45) is 3.28. The molecule has 0 aliphatic carbocycles. The van der Waals surface area contributed by atoms with Gasteiger partial charge < -0.3 is 9.67 Å². The number of nitrogens with zero attached hydrogens (tertiary/aromatic N) is 7. The number of nitrogens with one attached hydrogen (secondary N) is 1. The first kappa shape index (κ1) is 21.4. The lowest BCUT2D eigenvalue weighted by atomic mass is 9.98. The standard InChI is InChI=1S/C24H22N8O2/c1-2-3-8-20-25-21-19(14-33)26-29-24(34)22(21)32(20)13-15-9-11-16(12-10-15)17-6-4-5-7-18(17)23-27-30-31-28-23/h4-7,9-12,14H,2-3,8,13H2,1H3,(H,29,34)(H,27,28,30,31). The van der Waals surface area contributed by atoms with E-state index in [4.69, 9.17) is 0 Å². The molecule has 3 aromatic heterocycles. The van der Waals surface area contributed by atoms with Crippen molar-refractivity contribution in [1.82, 2.24) is 40.4 Å². The predicted octanol–water partition coefficient (Wildman–Crippen LogP) is 3.58. The molecule has 2 aromatic carbocycles. The minimum Gasteiger partial charge on any atom is -0.491 e. The van der Waals surface area contributed by atoms with E-state index in [2.05, 4.69) is 42.7 Å². The number of aromatic hydroxyl groups is 1. The topological polar surface area (TPSA) is 135 Å². The lowest BCUT2D eigenvalue weighted by molar-refractivity contribution is 0.111. The quantitative estimate of drug-likeness (QED) is 0.340. The van der Waals surface area contributed by atoms with Gasteiger partial charge in [-0.25, -0.2) is 10.1 Å². The lowest BCUT2D eigenvalue weighted by Crippen LogP contribution is -2.06. The van der Waals surface area contributed by atoms with Gasteiger partial charge in [0.2, 0.25) is 0 Å². The Kier molecular flexibility index (Phi) is 5.77. The average molecular weight is 454 g/mol. The molecule has 34 heavy (non-hydrogen) atoms. The maximum absolute atomic E-state index is 11.5. The molecule has 0 atom stereocenters. The van der Waals surface area contributed by atoms with Crippen molar-refractivity contribution in [3.8, 4) is 28.4 Å². The van der Waals surface area contributed by atoms with Gasteiger partial charge >= 0.3 is 0 Å². The van der Waals surface area contributed by atoms with E-state index in [1.54, 1.807) is 0 Å². The van der Waals surface area contributed by atoms with Crippen LogP contribution in [0.2, 0.25) is 0 Å². The highest BCUT2D eigenvalue weighted by atomic mass is 16.3. The third-order valence-corrected chi connectivity index (χ3v) is 5.75. The van der Waals surface area contributed by atoms with E-state index in [0.717, 1.165) is 47.3 Å². The number of fused-ring (bicyclic) bond motifs is 1. The molecule has 3 heterocycles. The summed E-state index contributed by atoms with van der Waals surface area (Å²) in [6, 6.07) is 16.1. The van der Waals surface area contributed by atoms with Crippen LogP contribution in [0, 0.1) is 0 Å². The number of unbranched alkanes of at least 4 members (excludes halogenated alkanes) is 1. The smallest absolute Gasteiger partial charge is 0.257 e. The van der Waals surface area contributed by atoms with Crippen molar-refractivity contribution in [1.29, 1.82) is 0 Å². The second-order valence-electron chi connectivity index (χ2n) is 7.93. The number of aromatic nitrogens is 8. The SMILES string of the molecule is CCCCc1nc2c(C=O)nnc(O)c2n1Cc1ccc(-c2ccccc2-c2nnn[nH]2)cc1. The molecule has 0 unspecified atom stereocenters. The molecule has 10 heteroatoms. The molecule has 5 rings (SSSR count). The summed E-state index contributed by atoms with van der Waals surface area (Å²) in [4.78, 5) is 16.1. The Hall–Kier alpha value is -4.47. The van der Waals surface area contributed by atoms with E-state index in [1.807, 2.05) is 53.1 Å². The Bertz CT molecular complexity index is 1440. The number of hydrogen-bond acceptors (Lipinski definition) is 8. The molecule has 0 fully saturated rings. The molecule has 0 aliphatic rings. The summed E-state index contributed by atoms with van der Waals surface area (Å²) >= 11 is 0. The fraction of sp³-hybridized carbons (Fsp3) is 0.208. The van der Waals surface area contributed by atoms with Crippen molar-refractivity contribution in [2.45, 2.75) is 32.7 Å². The lowest BCUT2D eigenvalue weighted by Gasteiger charge is -2.11. The molecular formula is C24H22N8O2. The van der Waals surface area contributed by atoms with Gasteiger partial charge in [-0.2, -0.15) is 0 Å². The first-order valence-electron chi connectivity index (χ1n) is 11.0. The van der Waals surface area contributed by atoms with Crippen LogP contribution < -0.4 is 0 Å². The fourth-order valence-electron chi connectivity index (χ4n) is 4.06. The molecular weight excluding hydrogens is 432 g/mol. The summed E-state index contributed by atoms with van der Waals surface area (Å²) in [5.41, 5.74) is 4.88. The molecule has 2 N–H and O–H groups in total. The number of tetrazole rings is 1. The highest BCUT2D eigenvalue weighted by Crippen LogP contribution is 2.31. The summed E-state index contributed by atoms with van der Waals surface area (Å²) < 4.78 is 1.92. The monoisotopic (exact) mass is 454 g/mol. The summed E-state index contributed by atoms with van der Waals surface area (Å²) in [5.74, 6) is 1.16. The summed E-state index contributed by atoms with van der Waals surface area (Å²) in [7, 11) is 0. The van der Waals surface area contributed by atoms with Crippen molar-refractivity contribution in [3.05, 3.63) is 65.6 Å². The number of H-pyrrole nitrogens is 1. The number of aryl methyl sites for hydroxylation is 1. The molecule has 0 spiro atoms. The van der Waals surface area contributed by atoms with E-state index in [-0.39, 0.29) is 11.6 Å². The van der Waals surface area contributed by atoms with Gasteiger partial charge in [0, 0.05) is 18.5 Å². The Morgan fingerprint density at radius 1 is 1.03 bits per heavy atom. The van der Waals surface area contributed by atoms with Crippen LogP contribution in [-0.2, 0) is 13.0 Å². The van der Waals surface area contributed by atoms with E-state index in [9.17, 15) is 9.90 Å². The highest BCUT2D eigenvalue weighted by molar-refractivity contribution is 5.94. The number of benzene rings is 2. The van der Waals surface area contributed by atoms with Crippen LogP contribution in [-0.4, -0.2) is 51.8 Å².